The lowest BCUT2D eigenvalue weighted by Crippen LogP contribution is -2.15. The quantitative estimate of drug-likeness (QED) is 0.694. The summed E-state index contributed by atoms with van der Waals surface area (Å²) in [6.45, 7) is 3.27. The first-order chi connectivity index (χ1) is 12.9. The molecule has 0 aliphatic rings. The van der Waals surface area contributed by atoms with Crippen molar-refractivity contribution >= 4 is 9.84 Å². The second-order valence-corrected chi connectivity index (χ2v) is 8.74. The van der Waals surface area contributed by atoms with Gasteiger partial charge in [0.2, 0.25) is 15.0 Å². The number of sulfone groups is 1. The fourth-order valence-corrected chi connectivity index (χ4v) is 3.54. The summed E-state index contributed by atoms with van der Waals surface area (Å²) in [6.07, 6.45) is 0. The molecular formula is C20H22N2O4S. The van der Waals surface area contributed by atoms with Crippen LogP contribution in [0.5, 0.6) is 11.5 Å². The number of hydrogen-bond donors (Lipinski definition) is 1. The van der Waals surface area contributed by atoms with Gasteiger partial charge in [-0.1, -0.05) is 0 Å². The Morgan fingerprint density at radius 3 is 1.78 bits per heavy atom. The lowest BCUT2D eigenvalue weighted by Gasteiger charge is -2.06. The summed E-state index contributed by atoms with van der Waals surface area (Å²) in [7, 11) is -0.341. The Hall–Kier alpha value is -2.80. The van der Waals surface area contributed by atoms with Crippen molar-refractivity contribution in [3.05, 3.63) is 48.5 Å². The van der Waals surface area contributed by atoms with Crippen LogP contribution in [0.1, 0.15) is 13.8 Å². The molecule has 27 heavy (non-hydrogen) atoms. The molecule has 7 heteroatoms. The van der Waals surface area contributed by atoms with E-state index in [1.165, 1.54) is 0 Å². The average molecular weight is 386 g/mol. The number of benzene rings is 2. The molecule has 3 aromatic rings. The molecule has 3 rings (SSSR count). The SMILES string of the molecule is COc1ccc(-c2nc(S(=O)(=O)C(C)C)[nH]c2-c2ccc(OC)cc2)cc1. The molecule has 1 heterocycles. The maximum atomic E-state index is 12.6. The molecule has 0 saturated carbocycles. The Kier molecular flexibility index (Phi) is 5.23. The summed E-state index contributed by atoms with van der Waals surface area (Å²) in [4.78, 5) is 7.45. The fraction of sp³-hybridized carbons (Fsp3) is 0.250. The molecule has 6 nitrogen and oxygen atoms in total. The summed E-state index contributed by atoms with van der Waals surface area (Å²) in [5.41, 5.74) is 2.83. The highest BCUT2D eigenvalue weighted by atomic mass is 32.2. The van der Waals surface area contributed by atoms with Crippen molar-refractivity contribution in [3.8, 4) is 34.0 Å². The normalized spacial score (nSPS) is 11.6. The molecule has 2 aromatic carbocycles. The Labute approximate surface area is 159 Å². The van der Waals surface area contributed by atoms with Crippen molar-refractivity contribution < 1.29 is 17.9 Å². The number of aromatic amines is 1. The molecule has 0 fully saturated rings. The van der Waals surface area contributed by atoms with Crippen LogP contribution in [-0.4, -0.2) is 37.9 Å². The van der Waals surface area contributed by atoms with Crippen LogP contribution < -0.4 is 9.47 Å². The molecule has 0 bridgehead atoms. The van der Waals surface area contributed by atoms with Crippen LogP contribution in [0.25, 0.3) is 22.5 Å². The van der Waals surface area contributed by atoms with Gasteiger partial charge < -0.3 is 14.5 Å². The van der Waals surface area contributed by atoms with E-state index in [2.05, 4.69) is 9.97 Å². The Morgan fingerprint density at radius 2 is 1.33 bits per heavy atom. The van der Waals surface area contributed by atoms with E-state index in [0.717, 1.165) is 22.6 Å². The van der Waals surface area contributed by atoms with Gasteiger partial charge in [-0.2, -0.15) is 0 Å². The van der Waals surface area contributed by atoms with E-state index in [1.54, 1.807) is 28.1 Å². The van der Waals surface area contributed by atoms with Crippen molar-refractivity contribution in [2.24, 2.45) is 0 Å². The van der Waals surface area contributed by atoms with E-state index in [9.17, 15) is 8.42 Å². The predicted octanol–water partition coefficient (Wildman–Crippen LogP) is 3.94. The minimum absolute atomic E-state index is 0.0332. The topological polar surface area (TPSA) is 81.3 Å². The van der Waals surface area contributed by atoms with Crippen LogP contribution in [0.15, 0.2) is 53.7 Å². The largest absolute Gasteiger partial charge is 0.497 e. The maximum absolute atomic E-state index is 12.6. The van der Waals surface area contributed by atoms with Crippen molar-refractivity contribution in [2.75, 3.05) is 14.2 Å². The van der Waals surface area contributed by atoms with Crippen molar-refractivity contribution in [1.29, 1.82) is 0 Å². The van der Waals surface area contributed by atoms with Crippen LogP contribution in [-0.2, 0) is 9.84 Å². The average Bonchev–Trinajstić information content (AvgIpc) is 3.14. The highest BCUT2D eigenvalue weighted by Crippen LogP contribution is 2.33. The lowest BCUT2D eigenvalue weighted by molar-refractivity contribution is 0.414. The number of H-pyrrole nitrogens is 1. The van der Waals surface area contributed by atoms with E-state index in [0.29, 0.717) is 11.4 Å². The number of aromatic nitrogens is 2. The van der Waals surface area contributed by atoms with E-state index in [-0.39, 0.29) is 5.16 Å². The highest BCUT2D eigenvalue weighted by molar-refractivity contribution is 7.91. The molecule has 0 saturated heterocycles. The molecule has 0 unspecified atom stereocenters. The Bertz CT molecular complexity index is 956. The fourth-order valence-electron chi connectivity index (χ4n) is 2.63. The molecule has 0 aliphatic carbocycles. The Balaban J connectivity index is 2.18. The van der Waals surface area contributed by atoms with Crippen LogP contribution >= 0.6 is 0 Å². The van der Waals surface area contributed by atoms with Gasteiger partial charge >= 0.3 is 0 Å². The molecule has 0 aliphatic heterocycles. The van der Waals surface area contributed by atoms with Crippen LogP contribution in [0.2, 0.25) is 0 Å². The van der Waals surface area contributed by atoms with Gasteiger partial charge in [0.05, 0.1) is 30.9 Å². The first kappa shape index (κ1) is 19.0. The zero-order valence-electron chi connectivity index (χ0n) is 15.7. The molecule has 0 atom stereocenters. The van der Waals surface area contributed by atoms with E-state index >= 15 is 0 Å². The third-order valence-corrected chi connectivity index (χ3v) is 6.29. The summed E-state index contributed by atoms with van der Waals surface area (Å²) in [6, 6.07) is 14.7. The number of ether oxygens (including phenoxy) is 2. The van der Waals surface area contributed by atoms with Crippen molar-refractivity contribution in [2.45, 2.75) is 24.3 Å². The molecule has 1 N–H and O–H groups in total. The highest BCUT2D eigenvalue weighted by Gasteiger charge is 2.26. The lowest BCUT2D eigenvalue weighted by atomic mass is 10.0. The maximum Gasteiger partial charge on any atom is 0.226 e. The zero-order valence-corrected chi connectivity index (χ0v) is 16.5. The number of imidazole rings is 1. The summed E-state index contributed by atoms with van der Waals surface area (Å²) < 4.78 is 35.7. The van der Waals surface area contributed by atoms with E-state index in [1.807, 2.05) is 48.5 Å². The standard InChI is InChI=1S/C20H22N2O4S/c1-13(2)27(23,24)20-21-18(14-5-9-16(25-3)10-6-14)19(22-20)15-7-11-17(26-4)12-8-15/h5-13H,1-4H3,(H,21,22). The number of methoxy groups -OCH3 is 2. The van der Waals surface area contributed by atoms with Gasteiger partial charge in [0.25, 0.3) is 0 Å². The molecule has 142 valence electrons. The minimum atomic E-state index is -3.54. The van der Waals surface area contributed by atoms with E-state index in [4.69, 9.17) is 9.47 Å². The van der Waals surface area contributed by atoms with Gasteiger partial charge in [0.15, 0.2) is 0 Å². The minimum Gasteiger partial charge on any atom is -0.497 e. The van der Waals surface area contributed by atoms with Crippen LogP contribution in [0.3, 0.4) is 0 Å². The van der Waals surface area contributed by atoms with Gasteiger partial charge in [-0.3, -0.25) is 0 Å². The number of hydrogen-bond acceptors (Lipinski definition) is 5. The third-order valence-electron chi connectivity index (χ3n) is 4.31. The summed E-state index contributed by atoms with van der Waals surface area (Å²) >= 11 is 0. The zero-order chi connectivity index (χ0) is 19.6. The number of nitrogens with zero attached hydrogens (tertiary/aromatic N) is 1. The number of nitrogens with one attached hydrogen (secondary N) is 1. The third kappa shape index (κ3) is 3.68. The molecular weight excluding hydrogens is 364 g/mol. The molecule has 0 spiro atoms. The second-order valence-electron chi connectivity index (χ2n) is 6.32. The monoisotopic (exact) mass is 386 g/mol. The molecule has 1 aromatic heterocycles. The smallest absolute Gasteiger partial charge is 0.226 e. The van der Waals surface area contributed by atoms with Crippen molar-refractivity contribution in [1.82, 2.24) is 9.97 Å². The predicted molar refractivity (Wildman–Crippen MR) is 105 cm³/mol. The van der Waals surface area contributed by atoms with Gasteiger partial charge in [0.1, 0.15) is 11.5 Å². The molecule has 0 amide bonds. The van der Waals surface area contributed by atoms with Gasteiger partial charge in [-0.25, -0.2) is 13.4 Å². The first-order valence-corrected chi connectivity index (χ1v) is 10.0. The molecule has 0 radical (unpaired) electrons. The number of rotatable bonds is 6. The van der Waals surface area contributed by atoms with Crippen LogP contribution in [0.4, 0.5) is 0 Å². The summed E-state index contributed by atoms with van der Waals surface area (Å²) in [5.74, 6) is 1.44. The first-order valence-electron chi connectivity index (χ1n) is 8.49. The Morgan fingerprint density at radius 1 is 0.852 bits per heavy atom. The van der Waals surface area contributed by atoms with Crippen LogP contribution in [0, 0.1) is 0 Å². The summed E-state index contributed by atoms with van der Waals surface area (Å²) in [5, 5.41) is -0.606. The van der Waals surface area contributed by atoms with Crippen molar-refractivity contribution in [3.63, 3.8) is 0 Å². The van der Waals surface area contributed by atoms with Gasteiger partial charge in [-0.05, 0) is 62.4 Å². The second kappa shape index (κ2) is 7.44. The van der Waals surface area contributed by atoms with Gasteiger partial charge in [0, 0.05) is 11.1 Å². The van der Waals surface area contributed by atoms with Gasteiger partial charge in [-0.15, -0.1) is 0 Å². The van der Waals surface area contributed by atoms with E-state index < -0.39 is 15.1 Å².